The maximum absolute atomic E-state index is 6.04. The third-order valence-electron chi connectivity index (χ3n) is 2.20. The van der Waals surface area contributed by atoms with E-state index in [2.05, 4.69) is 45.7 Å². The Labute approximate surface area is 101 Å². The zero-order chi connectivity index (χ0) is 10.9. The van der Waals surface area contributed by atoms with Crippen molar-refractivity contribution >= 4 is 37.5 Å². The standard InChI is InChI=1S/C10H14Br2N2/c1-5(2)9(13)6-3-7(11)10(14)8(12)4-6/h3-5,9H,13-14H2,1-2H3/t9-/m0/s1. The molecule has 0 saturated heterocycles. The zero-order valence-corrected chi connectivity index (χ0v) is 11.4. The van der Waals surface area contributed by atoms with Gasteiger partial charge in [0, 0.05) is 15.0 Å². The summed E-state index contributed by atoms with van der Waals surface area (Å²) in [5.41, 5.74) is 13.6. The van der Waals surface area contributed by atoms with Gasteiger partial charge in [-0.3, -0.25) is 0 Å². The van der Waals surface area contributed by atoms with Gasteiger partial charge in [-0.1, -0.05) is 13.8 Å². The van der Waals surface area contributed by atoms with E-state index in [0.29, 0.717) is 11.6 Å². The molecule has 0 heterocycles. The number of nitrogen functional groups attached to an aromatic ring is 1. The third kappa shape index (κ3) is 2.49. The predicted molar refractivity (Wildman–Crippen MR) is 68.0 cm³/mol. The van der Waals surface area contributed by atoms with Crippen molar-refractivity contribution in [3.05, 3.63) is 26.6 Å². The van der Waals surface area contributed by atoms with Gasteiger partial charge in [0.25, 0.3) is 0 Å². The number of rotatable bonds is 2. The van der Waals surface area contributed by atoms with Gasteiger partial charge < -0.3 is 11.5 Å². The van der Waals surface area contributed by atoms with E-state index in [4.69, 9.17) is 11.5 Å². The summed E-state index contributed by atoms with van der Waals surface area (Å²) in [4.78, 5) is 0. The first-order chi connectivity index (χ1) is 6.43. The minimum absolute atomic E-state index is 0.0446. The Morgan fingerprint density at radius 2 is 1.57 bits per heavy atom. The lowest BCUT2D eigenvalue weighted by molar-refractivity contribution is 0.514. The van der Waals surface area contributed by atoms with Crippen molar-refractivity contribution in [2.45, 2.75) is 19.9 Å². The van der Waals surface area contributed by atoms with Crippen molar-refractivity contribution in [2.24, 2.45) is 11.7 Å². The van der Waals surface area contributed by atoms with Crippen molar-refractivity contribution in [3.63, 3.8) is 0 Å². The molecule has 0 amide bonds. The van der Waals surface area contributed by atoms with Crippen molar-refractivity contribution < 1.29 is 0 Å². The smallest absolute Gasteiger partial charge is 0.0603 e. The van der Waals surface area contributed by atoms with Crippen LogP contribution in [0.5, 0.6) is 0 Å². The average molecular weight is 322 g/mol. The summed E-state index contributed by atoms with van der Waals surface area (Å²) in [7, 11) is 0. The Morgan fingerprint density at radius 3 is 1.93 bits per heavy atom. The maximum atomic E-state index is 6.04. The van der Waals surface area contributed by atoms with Crippen molar-refractivity contribution in [2.75, 3.05) is 5.73 Å². The second-order valence-electron chi connectivity index (χ2n) is 3.67. The van der Waals surface area contributed by atoms with Crippen LogP contribution < -0.4 is 11.5 Å². The Morgan fingerprint density at radius 1 is 1.14 bits per heavy atom. The number of nitrogens with two attached hydrogens (primary N) is 2. The number of anilines is 1. The molecule has 0 aliphatic carbocycles. The molecule has 0 bridgehead atoms. The normalized spacial score (nSPS) is 13.3. The van der Waals surface area contributed by atoms with Gasteiger partial charge in [0.15, 0.2) is 0 Å². The number of hydrogen-bond donors (Lipinski definition) is 2. The van der Waals surface area contributed by atoms with Crippen molar-refractivity contribution in [3.8, 4) is 0 Å². The van der Waals surface area contributed by atoms with Crippen LogP contribution in [0, 0.1) is 5.92 Å². The molecule has 0 aliphatic heterocycles. The van der Waals surface area contributed by atoms with Gasteiger partial charge in [0.2, 0.25) is 0 Å². The van der Waals surface area contributed by atoms with Crippen LogP contribution in [0.15, 0.2) is 21.1 Å². The molecule has 0 unspecified atom stereocenters. The van der Waals surface area contributed by atoms with Gasteiger partial charge in [-0.05, 0) is 55.5 Å². The number of hydrogen-bond acceptors (Lipinski definition) is 2. The molecule has 1 aromatic carbocycles. The van der Waals surface area contributed by atoms with Gasteiger partial charge in [0.05, 0.1) is 5.69 Å². The SMILES string of the molecule is CC(C)[C@H](N)c1cc(Br)c(N)c(Br)c1. The molecule has 1 aromatic rings. The molecule has 2 nitrogen and oxygen atoms in total. The Kier molecular flexibility index (Phi) is 3.98. The Hall–Kier alpha value is -0.0600. The summed E-state index contributed by atoms with van der Waals surface area (Å²) in [5.74, 6) is 0.414. The summed E-state index contributed by atoms with van der Waals surface area (Å²) < 4.78 is 1.77. The van der Waals surface area contributed by atoms with E-state index in [1.165, 1.54) is 0 Å². The van der Waals surface area contributed by atoms with Gasteiger partial charge in [-0.25, -0.2) is 0 Å². The maximum Gasteiger partial charge on any atom is 0.0603 e. The summed E-state index contributed by atoms with van der Waals surface area (Å²) in [5, 5.41) is 0. The lowest BCUT2D eigenvalue weighted by atomic mass is 9.97. The summed E-state index contributed by atoms with van der Waals surface area (Å²) in [6.45, 7) is 4.20. The molecule has 0 aromatic heterocycles. The highest BCUT2D eigenvalue weighted by Gasteiger charge is 2.13. The Bertz CT molecular complexity index is 314. The molecule has 78 valence electrons. The quantitative estimate of drug-likeness (QED) is 0.820. The first-order valence-electron chi connectivity index (χ1n) is 4.43. The lowest BCUT2D eigenvalue weighted by Crippen LogP contribution is -2.16. The van der Waals surface area contributed by atoms with E-state index >= 15 is 0 Å². The molecule has 0 fully saturated rings. The minimum Gasteiger partial charge on any atom is -0.397 e. The predicted octanol–water partition coefficient (Wildman–Crippen LogP) is 3.45. The minimum atomic E-state index is 0.0446. The van der Waals surface area contributed by atoms with Crippen LogP contribution in [-0.2, 0) is 0 Å². The van der Waals surface area contributed by atoms with Crippen molar-refractivity contribution in [1.82, 2.24) is 0 Å². The molecule has 0 radical (unpaired) electrons. The Balaban J connectivity index is 3.12. The van der Waals surface area contributed by atoms with Crippen LogP contribution in [0.3, 0.4) is 0 Å². The number of benzene rings is 1. The molecule has 4 heteroatoms. The summed E-state index contributed by atoms with van der Waals surface area (Å²) >= 11 is 6.81. The molecule has 1 atom stereocenters. The molecule has 4 N–H and O–H groups in total. The molecular formula is C10H14Br2N2. The second-order valence-corrected chi connectivity index (χ2v) is 5.38. The third-order valence-corrected chi connectivity index (χ3v) is 3.52. The highest BCUT2D eigenvalue weighted by molar-refractivity contribution is 9.11. The lowest BCUT2D eigenvalue weighted by Gasteiger charge is -2.17. The molecular weight excluding hydrogens is 308 g/mol. The van der Waals surface area contributed by atoms with E-state index in [9.17, 15) is 0 Å². The molecule has 0 aliphatic rings. The van der Waals surface area contributed by atoms with E-state index < -0.39 is 0 Å². The van der Waals surface area contributed by atoms with Gasteiger partial charge in [0.1, 0.15) is 0 Å². The van der Waals surface area contributed by atoms with Crippen LogP contribution in [0.2, 0.25) is 0 Å². The molecule has 0 spiro atoms. The fourth-order valence-corrected chi connectivity index (χ4v) is 2.40. The van der Waals surface area contributed by atoms with Crippen LogP contribution >= 0.6 is 31.9 Å². The highest BCUT2D eigenvalue weighted by Crippen LogP contribution is 2.32. The van der Waals surface area contributed by atoms with Crippen LogP contribution in [0.4, 0.5) is 5.69 Å². The summed E-state index contributed by atoms with van der Waals surface area (Å²) in [6, 6.07) is 4.00. The average Bonchev–Trinajstić information content (AvgIpc) is 2.12. The van der Waals surface area contributed by atoms with E-state index in [1.807, 2.05) is 12.1 Å². The van der Waals surface area contributed by atoms with Crippen LogP contribution in [0.1, 0.15) is 25.5 Å². The topological polar surface area (TPSA) is 52.0 Å². The molecule has 1 rings (SSSR count). The van der Waals surface area contributed by atoms with Gasteiger partial charge >= 0.3 is 0 Å². The molecule has 0 saturated carbocycles. The van der Waals surface area contributed by atoms with Crippen LogP contribution in [0.25, 0.3) is 0 Å². The fraction of sp³-hybridized carbons (Fsp3) is 0.400. The van der Waals surface area contributed by atoms with Gasteiger partial charge in [-0.15, -0.1) is 0 Å². The highest BCUT2D eigenvalue weighted by atomic mass is 79.9. The summed E-state index contributed by atoms with van der Waals surface area (Å²) in [6.07, 6.45) is 0. The zero-order valence-electron chi connectivity index (χ0n) is 8.22. The van der Waals surface area contributed by atoms with Crippen molar-refractivity contribution in [1.29, 1.82) is 0 Å². The van der Waals surface area contributed by atoms with Crippen LogP contribution in [-0.4, -0.2) is 0 Å². The fourth-order valence-electron chi connectivity index (χ4n) is 1.18. The monoisotopic (exact) mass is 320 g/mol. The molecule has 14 heavy (non-hydrogen) atoms. The van der Waals surface area contributed by atoms with E-state index in [0.717, 1.165) is 14.5 Å². The van der Waals surface area contributed by atoms with E-state index in [1.54, 1.807) is 0 Å². The van der Waals surface area contributed by atoms with Gasteiger partial charge in [-0.2, -0.15) is 0 Å². The first-order valence-corrected chi connectivity index (χ1v) is 6.02. The largest absolute Gasteiger partial charge is 0.397 e. The number of halogens is 2. The van der Waals surface area contributed by atoms with E-state index in [-0.39, 0.29) is 6.04 Å². The second kappa shape index (κ2) is 4.64. The first kappa shape index (κ1) is 12.0.